The van der Waals surface area contributed by atoms with E-state index in [9.17, 15) is 5.11 Å². The van der Waals surface area contributed by atoms with Crippen molar-refractivity contribution in [1.82, 2.24) is 0 Å². The summed E-state index contributed by atoms with van der Waals surface area (Å²) in [4.78, 5) is 0. The molecule has 1 atom stereocenters. The van der Waals surface area contributed by atoms with Crippen LogP contribution >= 0.6 is 0 Å². The number of aliphatic hydroxyl groups excluding tert-OH is 1. The Morgan fingerprint density at radius 2 is 2.09 bits per heavy atom. The van der Waals surface area contributed by atoms with E-state index >= 15 is 0 Å². The summed E-state index contributed by atoms with van der Waals surface area (Å²) < 4.78 is 0. The Labute approximate surface area is 69.4 Å². The lowest BCUT2D eigenvalue weighted by Crippen LogP contribution is -2.10. The van der Waals surface area contributed by atoms with E-state index in [0.29, 0.717) is 12.3 Å². The molecule has 1 unspecified atom stereocenters. The minimum absolute atomic E-state index is 0.250. The topological polar surface area (TPSA) is 20.2 Å². The van der Waals surface area contributed by atoms with Crippen molar-refractivity contribution in [2.45, 2.75) is 32.8 Å². The van der Waals surface area contributed by atoms with Crippen LogP contribution in [0.4, 0.5) is 0 Å². The second-order valence-electron chi connectivity index (χ2n) is 3.35. The predicted molar refractivity (Wildman–Crippen MR) is 49.4 cm³/mol. The standard InChI is InChI=1S/C10H18O/c1-5-9(4)7-10(11)6-8(2)3/h5,8,10-11H,1,4,6-7H2,2-3H3. The summed E-state index contributed by atoms with van der Waals surface area (Å²) in [6.45, 7) is 11.5. The first-order valence-corrected chi connectivity index (χ1v) is 4.04. The molecule has 0 aromatic carbocycles. The van der Waals surface area contributed by atoms with Gasteiger partial charge in [-0.1, -0.05) is 38.7 Å². The van der Waals surface area contributed by atoms with Gasteiger partial charge in [0.15, 0.2) is 0 Å². The molecule has 0 aromatic heterocycles. The number of rotatable bonds is 5. The first-order valence-electron chi connectivity index (χ1n) is 4.04. The molecule has 0 bridgehead atoms. The van der Waals surface area contributed by atoms with Gasteiger partial charge in [0.05, 0.1) is 6.10 Å². The molecule has 0 heterocycles. The van der Waals surface area contributed by atoms with Crippen molar-refractivity contribution in [1.29, 1.82) is 0 Å². The van der Waals surface area contributed by atoms with Gasteiger partial charge in [-0.05, 0) is 18.8 Å². The molecule has 1 nitrogen and oxygen atoms in total. The lowest BCUT2D eigenvalue weighted by atomic mass is 10.0. The molecule has 0 radical (unpaired) electrons. The van der Waals surface area contributed by atoms with E-state index < -0.39 is 0 Å². The second kappa shape index (κ2) is 5.14. The summed E-state index contributed by atoms with van der Waals surface area (Å²) in [5.74, 6) is 0.544. The summed E-state index contributed by atoms with van der Waals surface area (Å²) in [5, 5.41) is 9.41. The largest absolute Gasteiger partial charge is 0.393 e. The van der Waals surface area contributed by atoms with Gasteiger partial charge in [0.2, 0.25) is 0 Å². The lowest BCUT2D eigenvalue weighted by Gasteiger charge is -2.12. The van der Waals surface area contributed by atoms with E-state index in [1.165, 1.54) is 0 Å². The van der Waals surface area contributed by atoms with Crippen molar-refractivity contribution in [3.63, 3.8) is 0 Å². The smallest absolute Gasteiger partial charge is 0.0582 e. The number of allylic oxidation sites excluding steroid dienone is 1. The zero-order chi connectivity index (χ0) is 8.85. The molecule has 0 aliphatic heterocycles. The van der Waals surface area contributed by atoms with Crippen molar-refractivity contribution >= 4 is 0 Å². The van der Waals surface area contributed by atoms with E-state index in [1.807, 2.05) is 0 Å². The zero-order valence-electron chi connectivity index (χ0n) is 7.51. The Morgan fingerprint density at radius 3 is 2.45 bits per heavy atom. The van der Waals surface area contributed by atoms with Crippen LogP contribution in [-0.2, 0) is 0 Å². The maximum absolute atomic E-state index is 9.41. The van der Waals surface area contributed by atoms with Crippen molar-refractivity contribution in [3.8, 4) is 0 Å². The third kappa shape index (κ3) is 5.86. The summed E-state index contributed by atoms with van der Waals surface area (Å²) in [6, 6.07) is 0. The molecule has 0 saturated carbocycles. The van der Waals surface area contributed by atoms with Crippen LogP contribution in [0.15, 0.2) is 24.8 Å². The Kier molecular flexibility index (Phi) is 4.88. The Balaban J connectivity index is 3.59. The summed E-state index contributed by atoms with van der Waals surface area (Å²) >= 11 is 0. The fourth-order valence-corrected chi connectivity index (χ4v) is 1.01. The van der Waals surface area contributed by atoms with Crippen molar-refractivity contribution in [3.05, 3.63) is 24.8 Å². The average Bonchev–Trinajstić information content (AvgIpc) is 1.85. The van der Waals surface area contributed by atoms with Gasteiger partial charge in [-0.25, -0.2) is 0 Å². The molecule has 1 N–H and O–H groups in total. The molecule has 0 aliphatic rings. The number of aliphatic hydroxyl groups is 1. The average molecular weight is 154 g/mol. The molecule has 1 heteroatoms. The van der Waals surface area contributed by atoms with Gasteiger partial charge in [-0.2, -0.15) is 0 Å². The highest BCUT2D eigenvalue weighted by Gasteiger charge is 2.06. The van der Waals surface area contributed by atoms with Crippen LogP contribution in [0.3, 0.4) is 0 Å². The highest BCUT2D eigenvalue weighted by molar-refractivity contribution is 5.11. The molecule has 0 aliphatic carbocycles. The summed E-state index contributed by atoms with van der Waals surface area (Å²) in [6.07, 6.45) is 2.94. The molecule has 11 heavy (non-hydrogen) atoms. The molecule has 0 amide bonds. The van der Waals surface area contributed by atoms with E-state index in [0.717, 1.165) is 12.0 Å². The molecule has 64 valence electrons. The van der Waals surface area contributed by atoms with Crippen LogP contribution in [-0.4, -0.2) is 11.2 Å². The van der Waals surface area contributed by atoms with Crippen LogP contribution in [0.25, 0.3) is 0 Å². The third-order valence-corrected chi connectivity index (χ3v) is 1.53. The first-order chi connectivity index (χ1) is 5.06. The monoisotopic (exact) mass is 154 g/mol. The van der Waals surface area contributed by atoms with Gasteiger partial charge in [0.25, 0.3) is 0 Å². The SMILES string of the molecule is C=CC(=C)CC(O)CC(C)C. The van der Waals surface area contributed by atoms with Crippen molar-refractivity contribution < 1.29 is 5.11 Å². The molecule has 0 saturated heterocycles. The predicted octanol–water partition coefficient (Wildman–Crippen LogP) is 2.53. The van der Waals surface area contributed by atoms with Crippen LogP contribution < -0.4 is 0 Å². The molecule has 0 rings (SSSR count). The molecular formula is C10H18O. The summed E-state index contributed by atoms with van der Waals surface area (Å²) in [5.41, 5.74) is 0.915. The minimum Gasteiger partial charge on any atom is -0.393 e. The maximum atomic E-state index is 9.41. The van der Waals surface area contributed by atoms with Crippen molar-refractivity contribution in [2.24, 2.45) is 5.92 Å². The highest BCUT2D eigenvalue weighted by atomic mass is 16.3. The Morgan fingerprint density at radius 1 is 1.55 bits per heavy atom. The molecular weight excluding hydrogens is 136 g/mol. The molecule has 0 aromatic rings. The lowest BCUT2D eigenvalue weighted by molar-refractivity contribution is 0.150. The maximum Gasteiger partial charge on any atom is 0.0582 e. The van der Waals surface area contributed by atoms with Gasteiger partial charge in [0, 0.05) is 0 Å². The Bertz CT molecular complexity index is 136. The van der Waals surface area contributed by atoms with Crippen LogP contribution in [0.2, 0.25) is 0 Å². The van der Waals surface area contributed by atoms with Crippen LogP contribution in [0.1, 0.15) is 26.7 Å². The fourth-order valence-electron chi connectivity index (χ4n) is 1.01. The van der Waals surface area contributed by atoms with Crippen LogP contribution in [0.5, 0.6) is 0 Å². The second-order valence-corrected chi connectivity index (χ2v) is 3.35. The summed E-state index contributed by atoms with van der Waals surface area (Å²) in [7, 11) is 0. The zero-order valence-corrected chi connectivity index (χ0v) is 7.51. The minimum atomic E-state index is -0.250. The normalized spacial score (nSPS) is 13.1. The van der Waals surface area contributed by atoms with Gasteiger partial charge < -0.3 is 5.11 Å². The third-order valence-electron chi connectivity index (χ3n) is 1.53. The highest BCUT2D eigenvalue weighted by Crippen LogP contribution is 2.11. The van der Waals surface area contributed by atoms with Gasteiger partial charge in [0.1, 0.15) is 0 Å². The number of hydrogen-bond acceptors (Lipinski definition) is 1. The van der Waals surface area contributed by atoms with Crippen LogP contribution in [0, 0.1) is 5.92 Å². The Hall–Kier alpha value is -0.560. The number of hydrogen-bond donors (Lipinski definition) is 1. The quantitative estimate of drug-likeness (QED) is 0.603. The van der Waals surface area contributed by atoms with Gasteiger partial charge >= 0.3 is 0 Å². The van der Waals surface area contributed by atoms with Crippen molar-refractivity contribution in [2.75, 3.05) is 0 Å². The fraction of sp³-hybridized carbons (Fsp3) is 0.600. The van der Waals surface area contributed by atoms with Gasteiger partial charge in [-0.3, -0.25) is 0 Å². The molecule has 0 fully saturated rings. The van der Waals surface area contributed by atoms with Gasteiger partial charge in [-0.15, -0.1) is 0 Å². The molecule has 0 spiro atoms. The van der Waals surface area contributed by atoms with E-state index in [2.05, 4.69) is 27.0 Å². The van der Waals surface area contributed by atoms with E-state index in [-0.39, 0.29) is 6.10 Å². The van der Waals surface area contributed by atoms with E-state index in [4.69, 9.17) is 0 Å². The first kappa shape index (κ1) is 10.4. The van der Waals surface area contributed by atoms with E-state index in [1.54, 1.807) is 6.08 Å².